The summed E-state index contributed by atoms with van der Waals surface area (Å²) in [7, 11) is -3.51. The number of sulfone groups is 1. The lowest BCUT2D eigenvalue weighted by molar-refractivity contribution is -0.119. The van der Waals surface area contributed by atoms with Gasteiger partial charge in [-0.25, -0.2) is 8.42 Å². The van der Waals surface area contributed by atoms with Crippen molar-refractivity contribution in [1.29, 1.82) is 0 Å². The highest BCUT2D eigenvalue weighted by Crippen LogP contribution is 2.14. The molecule has 8 heteroatoms. The summed E-state index contributed by atoms with van der Waals surface area (Å²) in [4.78, 5) is 11.9. The van der Waals surface area contributed by atoms with Crippen LogP contribution < -0.4 is 11.1 Å². The van der Waals surface area contributed by atoms with Gasteiger partial charge in [0.1, 0.15) is 5.75 Å². The fraction of sp³-hybridized carbons (Fsp3) is 0.533. The van der Waals surface area contributed by atoms with E-state index in [9.17, 15) is 13.2 Å². The second-order valence-electron chi connectivity index (χ2n) is 5.79. The van der Waals surface area contributed by atoms with Gasteiger partial charge < -0.3 is 11.1 Å². The molecule has 0 aliphatic carbocycles. The lowest BCUT2D eigenvalue weighted by atomic mass is 10.0. The first-order valence-electron chi connectivity index (χ1n) is 7.16. The predicted octanol–water partition coefficient (Wildman–Crippen LogP) is 2.28. The van der Waals surface area contributed by atoms with Gasteiger partial charge in [-0.15, -0.1) is 12.4 Å². The van der Waals surface area contributed by atoms with Crippen molar-refractivity contribution in [3.63, 3.8) is 0 Å². The smallest absolute Gasteiger partial charge is 0.235 e. The first kappa shape index (κ1) is 22.4. The molecule has 0 saturated carbocycles. The number of benzene rings is 1. The average Bonchev–Trinajstić information content (AvgIpc) is 2.35. The minimum Gasteiger partial charge on any atom is -0.351 e. The van der Waals surface area contributed by atoms with Crippen LogP contribution in [-0.4, -0.2) is 32.7 Å². The molecular formula is C15H24BrClN2O3S. The molecule has 0 bridgehead atoms. The quantitative estimate of drug-likeness (QED) is 0.666. The maximum atomic E-state index is 12.1. The van der Waals surface area contributed by atoms with Crippen molar-refractivity contribution in [3.8, 4) is 0 Å². The molecule has 0 aliphatic heterocycles. The Morgan fingerprint density at radius 1 is 1.35 bits per heavy atom. The van der Waals surface area contributed by atoms with Crippen molar-refractivity contribution in [2.75, 3.05) is 12.3 Å². The lowest BCUT2D eigenvalue weighted by Gasteiger charge is -2.18. The topological polar surface area (TPSA) is 89.3 Å². The van der Waals surface area contributed by atoms with Crippen LogP contribution in [0.3, 0.4) is 0 Å². The Balaban J connectivity index is 0.00000484. The summed E-state index contributed by atoms with van der Waals surface area (Å²) in [6.45, 7) is 4.35. The third-order valence-corrected chi connectivity index (χ3v) is 5.00. The Bertz CT molecular complexity index is 608. The molecule has 1 amide bonds. The van der Waals surface area contributed by atoms with Crippen LogP contribution in [0.4, 0.5) is 0 Å². The van der Waals surface area contributed by atoms with E-state index in [1.54, 1.807) is 18.2 Å². The first-order valence-corrected chi connectivity index (χ1v) is 9.77. The molecule has 0 spiro atoms. The molecule has 0 saturated heterocycles. The Morgan fingerprint density at radius 2 is 2.00 bits per heavy atom. The molecule has 3 N–H and O–H groups in total. The van der Waals surface area contributed by atoms with E-state index in [0.29, 0.717) is 18.0 Å². The highest BCUT2D eigenvalue weighted by atomic mass is 79.9. The summed E-state index contributed by atoms with van der Waals surface area (Å²) in [6, 6.07) is 6.86. The maximum Gasteiger partial charge on any atom is 0.235 e. The monoisotopic (exact) mass is 426 g/mol. The molecule has 1 unspecified atom stereocenters. The molecule has 23 heavy (non-hydrogen) atoms. The summed E-state index contributed by atoms with van der Waals surface area (Å²) < 4.78 is 25.0. The molecule has 1 aromatic carbocycles. The van der Waals surface area contributed by atoms with E-state index in [1.807, 2.05) is 19.9 Å². The Hall–Kier alpha value is -0.630. The fourth-order valence-electron chi connectivity index (χ4n) is 2.18. The van der Waals surface area contributed by atoms with Crippen molar-refractivity contribution in [3.05, 3.63) is 34.3 Å². The molecule has 0 aromatic heterocycles. The highest BCUT2D eigenvalue weighted by Gasteiger charge is 2.20. The number of halogens is 2. The van der Waals surface area contributed by atoms with Gasteiger partial charge in [0.15, 0.2) is 9.84 Å². The largest absolute Gasteiger partial charge is 0.351 e. The number of carbonyl (C=O) groups is 1. The van der Waals surface area contributed by atoms with Crippen molar-refractivity contribution >= 4 is 44.1 Å². The fourth-order valence-corrected chi connectivity index (χ4v) is 3.90. The van der Waals surface area contributed by atoms with Crippen LogP contribution in [0.2, 0.25) is 0 Å². The molecule has 0 fully saturated rings. The third-order valence-electron chi connectivity index (χ3n) is 3.03. The number of hydrogen-bond donors (Lipinski definition) is 2. The minimum atomic E-state index is -3.51. The zero-order valence-electron chi connectivity index (χ0n) is 13.3. The number of rotatable bonds is 8. The Kier molecular flexibility index (Phi) is 10.00. The summed E-state index contributed by atoms with van der Waals surface area (Å²) in [5.74, 6) is -0.788. The molecular weight excluding hydrogens is 404 g/mol. The molecule has 0 radical (unpaired) electrons. The molecule has 1 aromatic rings. The van der Waals surface area contributed by atoms with Crippen LogP contribution in [0.5, 0.6) is 0 Å². The van der Waals surface area contributed by atoms with Crippen LogP contribution in [0.25, 0.3) is 0 Å². The van der Waals surface area contributed by atoms with Crippen molar-refractivity contribution < 1.29 is 13.2 Å². The normalized spacial score (nSPS) is 12.6. The average molecular weight is 428 g/mol. The second kappa shape index (κ2) is 10.3. The van der Waals surface area contributed by atoms with Crippen LogP contribution >= 0.6 is 28.3 Å². The van der Waals surface area contributed by atoms with Gasteiger partial charge in [-0.3, -0.25) is 4.79 Å². The molecule has 0 aliphatic rings. The van der Waals surface area contributed by atoms with Crippen molar-refractivity contribution in [2.45, 2.75) is 32.1 Å². The van der Waals surface area contributed by atoms with Gasteiger partial charge in [0, 0.05) is 17.1 Å². The molecule has 5 nitrogen and oxygen atoms in total. The summed E-state index contributed by atoms with van der Waals surface area (Å²) in [5.41, 5.74) is 6.26. The van der Waals surface area contributed by atoms with E-state index in [1.165, 1.54) is 0 Å². The lowest BCUT2D eigenvalue weighted by Crippen LogP contribution is -2.43. The SMILES string of the molecule is CC(C)CC(CN)NC(=O)CS(=O)(=O)Cc1cccc(Br)c1.Cl. The summed E-state index contributed by atoms with van der Waals surface area (Å²) >= 11 is 3.30. The van der Waals surface area contributed by atoms with Crippen LogP contribution in [0, 0.1) is 5.92 Å². The van der Waals surface area contributed by atoms with Gasteiger partial charge in [0.2, 0.25) is 5.91 Å². The van der Waals surface area contributed by atoms with Gasteiger partial charge in [0.25, 0.3) is 0 Å². The van der Waals surface area contributed by atoms with Crippen LogP contribution in [0.15, 0.2) is 28.7 Å². The number of nitrogens with one attached hydrogen (secondary N) is 1. The molecule has 0 heterocycles. The van der Waals surface area contributed by atoms with Gasteiger partial charge in [-0.05, 0) is 30.0 Å². The molecule has 1 rings (SSSR count). The van der Waals surface area contributed by atoms with E-state index < -0.39 is 21.5 Å². The van der Waals surface area contributed by atoms with Crippen molar-refractivity contribution in [1.82, 2.24) is 5.32 Å². The summed E-state index contributed by atoms with van der Waals surface area (Å²) in [6.07, 6.45) is 0.730. The number of hydrogen-bond acceptors (Lipinski definition) is 4. The minimum absolute atomic E-state index is 0. The van der Waals surface area contributed by atoms with Gasteiger partial charge in [0.05, 0.1) is 5.75 Å². The van der Waals surface area contributed by atoms with E-state index in [0.717, 1.165) is 10.9 Å². The Labute approximate surface area is 152 Å². The third kappa shape index (κ3) is 9.30. The van der Waals surface area contributed by atoms with Gasteiger partial charge in [-0.2, -0.15) is 0 Å². The van der Waals surface area contributed by atoms with Crippen LogP contribution in [-0.2, 0) is 20.4 Å². The van der Waals surface area contributed by atoms with E-state index in [2.05, 4.69) is 21.2 Å². The first-order chi connectivity index (χ1) is 10.2. The van der Waals surface area contributed by atoms with Gasteiger partial charge in [-0.1, -0.05) is 41.9 Å². The molecule has 1 atom stereocenters. The zero-order chi connectivity index (χ0) is 16.8. The predicted molar refractivity (Wildman–Crippen MR) is 99.3 cm³/mol. The Morgan fingerprint density at radius 3 is 2.52 bits per heavy atom. The second-order valence-corrected chi connectivity index (χ2v) is 8.77. The van der Waals surface area contributed by atoms with Crippen LogP contribution in [0.1, 0.15) is 25.8 Å². The molecule has 132 valence electrons. The van der Waals surface area contributed by atoms with Gasteiger partial charge >= 0.3 is 0 Å². The van der Waals surface area contributed by atoms with Crippen molar-refractivity contribution in [2.24, 2.45) is 11.7 Å². The van der Waals surface area contributed by atoms with E-state index in [4.69, 9.17) is 5.73 Å². The number of amides is 1. The standard InChI is InChI=1S/C15H23BrN2O3S.ClH/c1-11(2)6-14(8-17)18-15(19)10-22(20,21)9-12-4-3-5-13(16)7-12;/h3-5,7,11,14H,6,8-10,17H2,1-2H3,(H,18,19);1H. The van der Waals surface area contributed by atoms with E-state index in [-0.39, 0.29) is 24.2 Å². The summed E-state index contributed by atoms with van der Waals surface area (Å²) in [5, 5.41) is 2.70. The van der Waals surface area contributed by atoms with E-state index >= 15 is 0 Å². The number of nitrogens with two attached hydrogens (primary N) is 1. The highest BCUT2D eigenvalue weighted by molar-refractivity contribution is 9.10. The number of carbonyl (C=O) groups excluding carboxylic acids is 1. The zero-order valence-corrected chi connectivity index (χ0v) is 16.5. The maximum absolute atomic E-state index is 12.1.